The number of likely N-dealkylation sites (N-methyl/N-ethyl adjacent to an activating group) is 1. The molecule has 1 aromatic heterocycles. The smallest absolute Gasteiger partial charge is 0.0471 e. The third kappa shape index (κ3) is 2.80. The van der Waals surface area contributed by atoms with E-state index in [0.29, 0.717) is 12.6 Å². The van der Waals surface area contributed by atoms with Gasteiger partial charge in [-0.15, -0.1) is 0 Å². The lowest BCUT2D eigenvalue weighted by Gasteiger charge is -2.30. The van der Waals surface area contributed by atoms with Gasteiger partial charge in [-0.1, -0.05) is 6.92 Å². The van der Waals surface area contributed by atoms with Gasteiger partial charge in [0.1, 0.15) is 0 Å². The molecular formula is C13H21N3. The summed E-state index contributed by atoms with van der Waals surface area (Å²) in [6.45, 7) is 5.16. The summed E-state index contributed by atoms with van der Waals surface area (Å²) in [5.74, 6) is 0.913. The number of aromatic nitrogens is 1. The predicted octanol–water partition coefficient (Wildman–Crippen LogP) is 1.81. The maximum Gasteiger partial charge on any atom is 0.0471 e. The minimum absolute atomic E-state index is 0.355. The fourth-order valence-electron chi connectivity index (χ4n) is 2.19. The highest BCUT2D eigenvalue weighted by molar-refractivity contribution is 5.15. The molecule has 1 fully saturated rings. The van der Waals surface area contributed by atoms with Crippen LogP contribution in [0.25, 0.3) is 0 Å². The van der Waals surface area contributed by atoms with E-state index < -0.39 is 0 Å². The minimum atomic E-state index is 0.355. The van der Waals surface area contributed by atoms with E-state index in [1.807, 2.05) is 12.4 Å². The molecule has 1 heterocycles. The van der Waals surface area contributed by atoms with Gasteiger partial charge in [-0.25, -0.2) is 0 Å². The number of nitrogens with zero attached hydrogens (tertiary/aromatic N) is 2. The van der Waals surface area contributed by atoms with Crippen molar-refractivity contribution in [3.8, 4) is 0 Å². The molecule has 1 aromatic rings. The summed E-state index contributed by atoms with van der Waals surface area (Å²) in [6.07, 6.45) is 6.49. The average molecular weight is 219 g/mol. The van der Waals surface area contributed by atoms with Gasteiger partial charge in [-0.3, -0.25) is 9.88 Å². The Labute approximate surface area is 97.7 Å². The highest BCUT2D eigenvalue weighted by Gasteiger charge is 2.27. The van der Waals surface area contributed by atoms with Gasteiger partial charge in [0.2, 0.25) is 0 Å². The molecule has 0 amide bonds. The topological polar surface area (TPSA) is 42.1 Å². The zero-order valence-corrected chi connectivity index (χ0v) is 9.97. The van der Waals surface area contributed by atoms with Crippen molar-refractivity contribution in [1.82, 2.24) is 9.88 Å². The van der Waals surface area contributed by atoms with Gasteiger partial charge >= 0.3 is 0 Å². The molecule has 0 aliphatic heterocycles. The number of pyridine rings is 1. The number of rotatable bonds is 6. The van der Waals surface area contributed by atoms with Crippen LogP contribution in [0.5, 0.6) is 0 Å². The van der Waals surface area contributed by atoms with E-state index in [1.165, 1.54) is 24.9 Å². The van der Waals surface area contributed by atoms with E-state index in [0.717, 1.165) is 12.5 Å². The van der Waals surface area contributed by atoms with Crippen molar-refractivity contribution in [2.75, 3.05) is 19.6 Å². The van der Waals surface area contributed by atoms with Gasteiger partial charge in [-0.2, -0.15) is 0 Å². The Hall–Kier alpha value is -0.930. The molecule has 0 aromatic carbocycles. The Morgan fingerprint density at radius 3 is 2.62 bits per heavy atom. The molecule has 0 radical (unpaired) electrons. The second kappa shape index (κ2) is 5.41. The first-order valence-corrected chi connectivity index (χ1v) is 6.19. The van der Waals surface area contributed by atoms with E-state index >= 15 is 0 Å². The molecule has 16 heavy (non-hydrogen) atoms. The van der Waals surface area contributed by atoms with Crippen LogP contribution < -0.4 is 5.73 Å². The van der Waals surface area contributed by atoms with Crippen LogP contribution in [-0.4, -0.2) is 29.5 Å². The van der Waals surface area contributed by atoms with Crippen LogP contribution in [0, 0.1) is 5.92 Å². The summed E-state index contributed by atoms with van der Waals surface area (Å²) in [6, 6.07) is 4.51. The van der Waals surface area contributed by atoms with Crippen molar-refractivity contribution in [3.05, 3.63) is 30.1 Å². The lowest BCUT2D eigenvalue weighted by Crippen LogP contribution is -2.35. The molecule has 1 saturated carbocycles. The Morgan fingerprint density at radius 2 is 2.12 bits per heavy atom. The molecule has 88 valence electrons. The Kier molecular flexibility index (Phi) is 3.91. The molecule has 2 rings (SSSR count). The van der Waals surface area contributed by atoms with Gasteiger partial charge < -0.3 is 5.73 Å². The lowest BCUT2D eigenvalue weighted by molar-refractivity contribution is 0.203. The van der Waals surface area contributed by atoms with Crippen LogP contribution in [0.1, 0.15) is 31.4 Å². The van der Waals surface area contributed by atoms with E-state index in [4.69, 9.17) is 5.73 Å². The summed E-state index contributed by atoms with van der Waals surface area (Å²) < 4.78 is 0. The van der Waals surface area contributed by atoms with Crippen molar-refractivity contribution >= 4 is 0 Å². The maximum absolute atomic E-state index is 5.92. The molecule has 0 saturated heterocycles. The molecule has 0 spiro atoms. The van der Waals surface area contributed by atoms with Crippen molar-refractivity contribution in [3.63, 3.8) is 0 Å². The first kappa shape index (κ1) is 11.6. The second-order valence-electron chi connectivity index (χ2n) is 4.56. The van der Waals surface area contributed by atoms with E-state index in [2.05, 4.69) is 28.9 Å². The van der Waals surface area contributed by atoms with Crippen LogP contribution in [0.2, 0.25) is 0 Å². The molecule has 1 aliphatic rings. The van der Waals surface area contributed by atoms with Gasteiger partial charge in [-0.05, 0) is 43.0 Å². The van der Waals surface area contributed by atoms with Crippen molar-refractivity contribution in [2.45, 2.75) is 25.8 Å². The summed E-state index contributed by atoms with van der Waals surface area (Å²) in [7, 11) is 0. The number of nitrogens with two attached hydrogens (primary N) is 1. The predicted molar refractivity (Wildman–Crippen MR) is 66.0 cm³/mol. The molecule has 2 N–H and O–H groups in total. The van der Waals surface area contributed by atoms with Crippen LogP contribution in [0.4, 0.5) is 0 Å². The van der Waals surface area contributed by atoms with E-state index in [-0.39, 0.29) is 0 Å². The first-order valence-electron chi connectivity index (χ1n) is 6.19. The Balaban J connectivity index is 2.06. The summed E-state index contributed by atoms with van der Waals surface area (Å²) in [5, 5.41) is 0. The van der Waals surface area contributed by atoms with Gasteiger partial charge in [0.15, 0.2) is 0 Å². The largest absolute Gasteiger partial charge is 0.329 e. The normalized spacial score (nSPS) is 17.7. The lowest BCUT2D eigenvalue weighted by atomic mass is 10.1. The van der Waals surface area contributed by atoms with Crippen LogP contribution in [-0.2, 0) is 0 Å². The fraction of sp³-hybridized carbons (Fsp3) is 0.615. The van der Waals surface area contributed by atoms with Crippen molar-refractivity contribution in [1.29, 1.82) is 0 Å². The standard InChI is InChI=1S/C13H21N3/c1-2-16(10-11-3-4-11)13(9-14)12-5-7-15-8-6-12/h5-8,11,13H,2-4,9-10,14H2,1H3. The zero-order valence-electron chi connectivity index (χ0n) is 9.97. The van der Waals surface area contributed by atoms with Gasteiger partial charge in [0.05, 0.1) is 0 Å². The molecular weight excluding hydrogens is 198 g/mol. The van der Waals surface area contributed by atoms with Crippen molar-refractivity contribution in [2.24, 2.45) is 11.7 Å². The van der Waals surface area contributed by atoms with E-state index in [1.54, 1.807) is 0 Å². The molecule has 1 atom stereocenters. The Bertz CT molecular complexity index is 308. The highest BCUT2D eigenvalue weighted by Crippen LogP contribution is 2.32. The molecule has 3 heteroatoms. The summed E-state index contributed by atoms with van der Waals surface area (Å²) >= 11 is 0. The molecule has 1 aliphatic carbocycles. The van der Waals surface area contributed by atoms with E-state index in [9.17, 15) is 0 Å². The third-order valence-corrected chi connectivity index (χ3v) is 3.35. The monoisotopic (exact) mass is 219 g/mol. The Morgan fingerprint density at radius 1 is 1.44 bits per heavy atom. The highest BCUT2D eigenvalue weighted by atomic mass is 15.2. The zero-order chi connectivity index (χ0) is 11.4. The number of hydrogen-bond acceptors (Lipinski definition) is 3. The third-order valence-electron chi connectivity index (χ3n) is 3.35. The number of hydrogen-bond donors (Lipinski definition) is 1. The van der Waals surface area contributed by atoms with Crippen molar-refractivity contribution < 1.29 is 0 Å². The molecule has 1 unspecified atom stereocenters. The molecule has 0 bridgehead atoms. The minimum Gasteiger partial charge on any atom is -0.329 e. The maximum atomic E-state index is 5.92. The molecule has 3 nitrogen and oxygen atoms in total. The van der Waals surface area contributed by atoms with Crippen LogP contribution in [0.3, 0.4) is 0 Å². The average Bonchev–Trinajstić information content (AvgIpc) is 3.14. The van der Waals surface area contributed by atoms with Gasteiger partial charge in [0, 0.05) is 31.5 Å². The fourth-order valence-corrected chi connectivity index (χ4v) is 2.19. The SMILES string of the molecule is CCN(CC1CC1)C(CN)c1ccncc1. The summed E-state index contributed by atoms with van der Waals surface area (Å²) in [4.78, 5) is 6.55. The van der Waals surface area contributed by atoms with Gasteiger partial charge in [0.25, 0.3) is 0 Å². The second-order valence-corrected chi connectivity index (χ2v) is 4.56. The quantitative estimate of drug-likeness (QED) is 0.793. The van der Waals surface area contributed by atoms with Crippen LogP contribution >= 0.6 is 0 Å². The van der Waals surface area contributed by atoms with Crippen LogP contribution in [0.15, 0.2) is 24.5 Å². The summed E-state index contributed by atoms with van der Waals surface area (Å²) in [5.41, 5.74) is 7.21. The first-order chi connectivity index (χ1) is 7.85.